The van der Waals surface area contributed by atoms with Crippen molar-refractivity contribution in [2.75, 3.05) is 13.1 Å². The molecule has 24 heavy (non-hydrogen) atoms. The third-order valence-corrected chi connectivity index (χ3v) is 4.54. The van der Waals surface area contributed by atoms with Crippen LogP contribution in [-0.4, -0.2) is 29.1 Å². The lowest BCUT2D eigenvalue weighted by atomic mass is 9.91. The standard InChI is InChI=1S/C19H19F2NO2/c20-15-8-9-16(17(21)11-15)18(13-5-2-1-3-6-13)22-10-4-7-14(12-22)19(23)24/h1-3,5-6,8-9,11,14,18H,4,7,10,12H2,(H,23,24). The zero-order chi connectivity index (χ0) is 17.1. The van der Waals surface area contributed by atoms with E-state index in [1.165, 1.54) is 12.1 Å². The summed E-state index contributed by atoms with van der Waals surface area (Å²) in [6.07, 6.45) is 1.36. The molecule has 0 spiro atoms. The number of benzene rings is 2. The summed E-state index contributed by atoms with van der Waals surface area (Å²) >= 11 is 0. The molecule has 0 aromatic heterocycles. The van der Waals surface area contributed by atoms with E-state index in [9.17, 15) is 18.7 Å². The van der Waals surface area contributed by atoms with Crippen LogP contribution >= 0.6 is 0 Å². The second-order valence-corrected chi connectivity index (χ2v) is 6.15. The molecule has 3 rings (SSSR count). The fourth-order valence-corrected chi connectivity index (χ4v) is 3.39. The van der Waals surface area contributed by atoms with Crippen molar-refractivity contribution < 1.29 is 18.7 Å². The van der Waals surface area contributed by atoms with Crippen molar-refractivity contribution in [2.24, 2.45) is 5.92 Å². The first-order chi connectivity index (χ1) is 11.6. The summed E-state index contributed by atoms with van der Waals surface area (Å²) in [7, 11) is 0. The molecular weight excluding hydrogens is 312 g/mol. The Morgan fingerprint density at radius 1 is 1.17 bits per heavy atom. The number of nitrogens with zero attached hydrogens (tertiary/aromatic N) is 1. The van der Waals surface area contributed by atoms with E-state index in [1.54, 1.807) is 0 Å². The number of hydrogen-bond acceptors (Lipinski definition) is 2. The van der Waals surface area contributed by atoms with Crippen molar-refractivity contribution in [2.45, 2.75) is 18.9 Å². The maximum Gasteiger partial charge on any atom is 0.307 e. The van der Waals surface area contributed by atoms with Gasteiger partial charge in [-0.1, -0.05) is 36.4 Å². The van der Waals surface area contributed by atoms with Crippen molar-refractivity contribution in [3.8, 4) is 0 Å². The van der Waals surface area contributed by atoms with Crippen molar-refractivity contribution in [1.29, 1.82) is 0 Å². The molecule has 1 heterocycles. The van der Waals surface area contributed by atoms with E-state index in [2.05, 4.69) is 0 Å². The summed E-state index contributed by atoms with van der Waals surface area (Å²) in [5.74, 6) is -2.52. The van der Waals surface area contributed by atoms with E-state index in [0.29, 0.717) is 25.1 Å². The maximum absolute atomic E-state index is 14.4. The fraction of sp³-hybridized carbons (Fsp3) is 0.316. The molecule has 1 aliphatic rings. The van der Waals surface area contributed by atoms with E-state index in [4.69, 9.17) is 0 Å². The normalized spacial score (nSPS) is 19.8. The van der Waals surface area contributed by atoms with Gasteiger partial charge in [0.25, 0.3) is 0 Å². The lowest BCUT2D eigenvalue weighted by Crippen LogP contribution is -2.41. The van der Waals surface area contributed by atoms with Crippen molar-refractivity contribution in [1.82, 2.24) is 4.90 Å². The molecule has 3 nitrogen and oxygen atoms in total. The van der Waals surface area contributed by atoms with Gasteiger partial charge in [-0.05, 0) is 31.0 Å². The summed E-state index contributed by atoms with van der Waals surface area (Å²) in [5, 5.41) is 9.32. The SMILES string of the molecule is O=C(O)C1CCCN(C(c2ccccc2)c2ccc(F)cc2F)C1. The number of carboxylic acid groups (broad SMARTS) is 1. The molecule has 0 bridgehead atoms. The predicted molar refractivity (Wildman–Crippen MR) is 86.6 cm³/mol. The van der Waals surface area contributed by atoms with Crippen LogP contribution in [0.25, 0.3) is 0 Å². The monoisotopic (exact) mass is 331 g/mol. The summed E-state index contributed by atoms with van der Waals surface area (Å²) in [6.45, 7) is 1.03. The van der Waals surface area contributed by atoms with Gasteiger partial charge in [-0.3, -0.25) is 9.69 Å². The Morgan fingerprint density at radius 2 is 1.92 bits per heavy atom. The average Bonchev–Trinajstić information content (AvgIpc) is 2.58. The van der Waals surface area contributed by atoms with Crippen LogP contribution in [0.3, 0.4) is 0 Å². The van der Waals surface area contributed by atoms with Crippen LogP contribution in [0.4, 0.5) is 8.78 Å². The number of carbonyl (C=O) groups is 1. The van der Waals surface area contributed by atoms with E-state index in [0.717, 1.165) is 18.1 Å². The number of rotatable bonds is 4. The van der Waals surface area contributed by atoms with E-state index >= 15 is 0 Å². The smallest absolute Gasteiger partial charge is 0.307 e. The average molecular weight is 331 g/mol. The number of likely N-dealkylation sites (tertiary alicyclic amines) is 1. The van der Waals surface area contributed by atoms with Crippen LogP contribution in [0.5, 0.6) is 0 Å². The van der Waals surface area contributed by atoms with Crippen LogP contribution in [0.15, 0.2) is 48.5 Å². The van der Waals surface area contributed by atoms with E-state index < -0.39 is 29.6 Å². The molecule has 1 saturated heterocycles. The second kappa shape index (κ2) is 7.09. The number of aliphatic carboxylic acids is 1. The molecule has 2 aromatic carbocycles. The molecule has 0 amide bonds. The molecule has 2 atom stereocenters. The molecule has 2 aromatic rings. The van der Waals surface area contributed by atoms with Gasteiger partial charge in [-0.25, -0.2) is 8.78 Å². The lowest BCUT2D eigenvalue weighted by Gasteiger charge is -2.37. The summed E-state index contributed by atoms with van der Waals surface area (Å²) in [4.78, 5) is 13.3. The molecule has 1 N–H and O–H groups in total. The number of piperidine rings is 1. The number of halogens is 2. The van der Waals surface area contributed by atoms with Crippen molar-refractivity contribution in [3.05, 3.63) is 71.3 Å². The predicted octanol–water partition coefficient (Wildman–Crippen LogP) is 3.85. The van der Waals surface area contributed by atoms with Gasteiger partial charge < -0.3 is 5.11 Å². The van der Waals surface area contributed by atoms with Gasteiger partial charge in [0, 0.05) is 18.2 Å². The minimum absolute atomic E-state index is 0.353. The Bertz CT molecular complexity index is 721. The topological polar surface area (TPSA) is 40.5 Å². The van der Waals surface area contributed by atoms with Gasteiger partial charge in [0.05, 0.1) is 12.0 Å². The Hall–Kier alpha value is -2.27. The molecular formula is C19H19F2NO2. The quantitative estimate of drug-likeness (QED) is 0.925. The molecule has 1 fully saturated rings. The minimum Gasteiger partial charge on any atom is -0.481 e. The highest BCUT2D eigenvalue weighted by atomic mass is 19.1. The van der Waals surface area contributed by atoms with Crippen molar-refractivity contribution >= 4 is 5.97 Å². The van der Waals surface area contributed by atoms with Crippen LogP contribution in [0, 0.1) is 17.6 Å². The largest absolute Gasteiger partial charge is 0.481 e. The van der Waals surface area contributed by atoms with Gasteiger partial charge in [-0.15, -0.1) is 0 Å². The van der Waals surface area contributed by atoms with Crippen LogP contribution in [0.1, 0.15) is 30.0 Å². The van der Waals surface area contributed by atoms with Gasteiger partial charge in [-0.2, -0.15) is 0 Å². The molecule has 126 valence electrons. The minimum atomic E-state index is -0.828. The molecule has 0 aliphatic carbocycles. The Labute approximate surface area is 139 Å². The summed E-state index contributed by atoms with van der Waals surface area (Å²) in [6, 6.07) is 12.5. The van der Waals surface area contributed by atoms with Crippen molar-refractivity contribution in [3.63, 3.8) is 0 Å². The van der Waals surface area contributed by atoms with Crippen LogP contribution in [-0.2, 0) is 4.79 Å². The molecule has 0 saturated carbocycles. The van der Waals surface area contributed by atoms with Gasteiger partial charge in [0.2, 0.25) is 0 Å². The first-order valence-corrected chi connectivity index (χ1v) is 8.03. The zero-order valence-corrected chi connectivity index (χ0v) is 13.2. The molecule has 2 unspecified atom stereocenters. The highest BCUT2D eigenvalue weighted by Gasteiger charge is 2.32. The van der Waals surface area contributed by atoms with Crippen LogP contribution < -0.4 is 0 Å². The summed E-state index contributed by atoms with van der Waals surface area (Å²) in [5.41, 5.74) is 1.24. The first kappa shape index (κ1) is 16.6. The van der Waals surface area contributed by atoms with Gasteiger partial charge in [0.1, 0.15) is 11.6 Å². The van der Waals surface area contributed by atoms with Crippen LogP contribution in [0.2, 0.25) is 0 Å². The highest BCUT2D eigenvalue weighted by Crippen LogP contribution is 2.34. The van der Waals surface area contributed by atoms with E-state index in [1.807, 2.05) is 35.2 Å². The lowest BCUT2D eigenvalue weighted by molar-refractivity contribution is -0.143. The van der Waals surface area contributed by atoms with Gasteiger partial charge in [0.15, 0.2) is 0 Å². The number of hydrogen-bond donors (Lipinski definition) is 1. The van der Waals surface area contributed by atoms with Gasteiger partial charge >= 0.3 is 5.97 Å². The second-order valence-electron chi connectivity index (χ2n) is 6.15. The molecule has 0 radical (unpaired) electrons. The zero-order valence-electron chi connectivity index (χ0n) is 13.2. The Balaban J connectivity index is 2.01. The number of carboxylic acids is 1. The molecule has 1 aliphatic heterocycles. The maximum atomic E-state index is 14.4. The Morgan fingerprint density at radius 3 is 2.58 bits per heavy atom. The van der Waals surface area contributed by atoms with E-state index in [-0.39, 0.29) is 0 Å². The summed E-state index contributed by atoms with van der Waals surface area (Å²) < 4.78 is 27.7. The Kier molecular flexibility index (Phi) is 4.90. The third-order valence-electron chi connectivity index (χ3n) is 4.54. The highest BCUT2D eigenvalue weighted by molar-refractivity contribution is 5.70. The molecule has 5 heteroatoms. The fourth-order valence-electron chi connectivity index (χ4n) is 3.39. The third kappa shape index (κ3) is 3.46. The first-order valence-electron chi connectivity index (χ1n) is 8.03.